The normalized spacial score (nSPS) is 13.7. The first-order valence-electron chi connectivity index (χ1n) is 7.25. The van der Waals surface area contributed by atoms with Crippen LogP contribution in [0.5, 0.6) is 11.5 Å². The van der Waals surface area contributed by atoms with Crippen LogP contribution in [0.25, 0.3) is 0 Å². The average Bonchev–Trinajstić information content (AvgIpc) is 2.98. The zero-order valence-corrected chi connectivity index (χ0v) is 14.2. The lowest BCUT2D eigenvalue weighted by atomic mass is 10.1. The lowest BCUT2D eigenvalue weighted by molar-refractivity contribution is 0.166. The average molecular weight is 321 g/mol. The molecule has 2 aromatic rings. The summed E-state index contributed by atoms with van der Waals surface area (Å²) >= 11 is 1.77. The third kappa shape index (κ3) is 4.00. The summed E-state index contributed by atoms with van der Waals surface area (Å²) < 4.78 is 10.5. The molecule has 0 fully saturated rings. The fourth-order valence-corrected chi connectivity index (χ4v) is 3.19. The maximum Gasteiger partial charge on any atom is 0.124 e. The first-order valence-corrected chi connectivity index (χ1v) is 8.06. The van der Waals surface area contributed by atoms with Crippen LogP contribution in [0.15, 0.2) is 30.3 Å². The van der Waals surface area contributed by atoms with E-state index < -0.39 is 6.10 Å². The molecule has 0 aliphatic heterocycles. The Balaban J connectivity index is 2.04. The zero-order valence-electron chi connectivity index (χ0n) is 13.4. The van der Waals surface area contributed by atoms with Crippen molar-refractivity contribution in [2.45, 2.75) is 26.0 Å². The van der Waals surface area contributed by atoms with Crippen LogP contribution < -0.4 is 14.8 Å². The quantitative estimate of drug-likeness (QED) is 0.820. The van der Waals surface area contributed by atoms with E-state index in [0.717, 1.165) is 5.56 Å². The minimum atomic E-state index is -0.659. The van der Waals surface area contributed by atoms with Gasteiger partial charge in [0, 0.05) is 27.9 Å². The highest BCUT2D eigenvalue weighted by atomic mass is 32.1. The number of ether oxygens (including phenoxy) is 2. The molecule has 0 bridgehead atoms. The molecule has 2 N–H and O–H groups in total. The standard InChI is InChI=1S/C17H23NO3S/c1-11-5-8-17(22-11)12(2)18-10-15(19)14-9-13(20-3)6-7-16(14)21-4/h5-9,12,15,18-19H,10H2,1-4H3. The van der Waals surface area contributed by atoms with Gasteiger partial charge in [0.25, 0.3) is 0 Å². The summed E-state index contributed by atoms with van der Waals surface area (Å²) in [5.74, 6) is 1.37. The third-order valence-corrected chi connectivity index (χ3v) is 4.78. The van der Waals surface area contributed by atoms with Crippen LogP contribution in [-0.4, -0.2) is 25.9 Å². The van der Waals surface area contributed by atoms with Gasteiger partial charge in [0.2, 0.25) is 0 Å². The fourth-order valence-electron chi connectivity index (χ4n) is 2.28. The summed E-state index contributed by atoms with van der Waals surface area (Å²) in [6.07, 6.45) is -0.659. The van der Waals surface area contributed by atoms with E-state index in [0.29, 0.717) is 18.0 Å². The molecule has 0 spiro atoms. The van der Waals surface area contributed by atoms with E-state index in [2.05, 4.69) is 31.3 Å². The van der Waals surface area contributed by atoms with Gasteiger partial charge in [-0.25, -0.2) is 0 Å². The van der Waals surface area contributed by atoms with Gasteiger partial charge < -0.3 is 19.9 Å². The number of thiophene rings is 1. The molecule has 120 valence electrons. The Bertz CT molecular complexity index is 612. The number of benzene rings is 1. The summed E-state index contributed by atoms with van der Waals surface area (Å²) in [5.41, 5.74) is 0.726. The molecule has 0 saturated heterocycles. The van der Waals surface area contributed by atoms with Crippen LogP contribution in [0.1, 0.15) is 34.4 Å². The van der Waals surface area contributed by atoms with Crippen LogP contribution >= 0.6 is 11.3 Å². The Kier molecular flexibility index (Phi) is 5.83. The summed E-state index contributed by atoms with van der Waals surface area (Å²) in [5, 5.41) is 13.8. The van der Waals surface area contributed by atoms with Crippen molar-refractivity contribution < 1.29 is 14.6 Å². The van der Waals surface area contributed by atoms with Gasteiger partial charge in [0.15, 0.2) is 0 Å². The fraction of sp³-hybridized carbons (Fsp3) is 0.412. The molecule has 4 nitrogen and oxygen atoms in total. The SMILES string of the molecule is COc1ccc(OC)c(C(O)CNC(C)c2ccc(C)s2)c1. The predicted octanol–water partition coefficient (Wildman–Crippen LogP) is 3.46. The van der Waals surface area contributed by atoms with E-state index in [1.165, 1.54) is 9.75 Å². The van der Waals surface area contributed by atoms with Crippen molar-refractivity contribution in [3.8, 4) is 11.5 Å². The zero-order chi connectivity index (χ0) is 16.1. The molecule has 0 aliphatic rings. The molecule has 2 atom stereocenters. The molecule has 0 amide bonds. The number of methoxy groups -OCH3 is 2. The molecule has 5 heteroatoms. The lowest BCUT2D eigenvalue weighted by Gasteiger charge is -2.19. The summed E-state index contributed by atoms with van der Waals surface area (Å²) in [7, 11) is 3.21. The molecule has 22 heavy (non-hydrogen) atoms. The van der Waals surface area contributed by atoms with Crippen LogP contribution in [0, 0.1) is 6.92 Å². The maximum atomic E-state index is 10.5. The topological polar surface area (TPSA) is 50.7 Å². The van der Waals surface area contributed by atoms with E-state index >= 15 is 0 Å². The van der Waals surface area contributed by atoms with E-state index in [4.69, 9.17) is 9.47 Å². The van der Waals surface area contributed by atoms with Gasteiger partial charge in [-0.05, 0) is 44.2 Å². The summed E-state index contributed by atoms with van der Waals surface area (Å²) in [4.78, 5) is 2.56. The van der Waals surface area contributed by atoms with Crippen LogP contribution in [0.4, 0.5) is 0 Å². The minimum absolute atomic E-state index is 0.199. The molecule has 0 saturated carbocycles. The van der Waals surface area contributed by atoms with Crippen molar-refractivity contribution in [3.05, 3.63) is 45.6 Å². The molecule has 0 radical (unpaired) electrons. The van der Waals surface area contributed by atoms with Crippen LogP contribution in [0.3, 0.4) is 0 Å². The van der Waals surface area contributed by atoms with E-state index in [1.807, 2.05) is 18.2 Å². The van der Waals surface area contributed by atoms with Crippen LogP contribution in [0.2, 0.25) is 0 Å². The van der Waals surface area contributed by atoms with Gasteiger partial charge in [0.05, 0.1) is 20.3 Å². The van der Waals surface area contributed by atoms with E-state index in [9.17, 15) is 5.11 Å². The van der Waals surface area contributed by atoms with Gasteiger partial charge in [-0.2, -0.15) is 0 Å². The first-order chi connectivity index (χ1) is 10.5. The smallest absolute Gasteiger partial charge is 0.124 e. The summed E-state index contributed by atoms with van der Waals surface area (Å²) in [6.45, 7) is 4.64. The molecule has 2 unspecified atom stereocenters. The Morgan fingerprint density at radius 1 is 1.18 bits per heavy atom. The second kappa shape index (κ2) is 7.63. The second-order valence-electron chi connectivity index (χ2n) is 5.20. The van der Waals surface area contributed by atoms with Crippen molar-refractivity contribution in [2.75, 3.05) is 20.8 Å². The van der Waals surface area contributed by atoms with Crippen molar-refractivity contribution in [1.29, 1.82) is 0 Å². The number of hydrogen-bond acceptors (Lipinski definition) is 5. The van der Waals surface area contributed by atoms with Gasteiger partial charge in [-0.3, -0.25) is 0 Å². The lowest BCUT2D eigenvalue weighted by Crippen LogP contribution is -2.24. The Morgan fingerprint density at radius 2 is 1.95 bits per heavy atom. The number of aryl methyl sites for hydroxylation is 1. The Morgan fingerprint density at radius 3 is 2.55 bits per heavy atom. The molecule has 1 aromatic carbocycles. The second-order valence-corrected chi connectivity index (χ2v) is 6.52. The number of nitrogens with one attached hydrogen (secondary N) is 1. The highest BCUT2D eigenvalue weighted by molar-refractivity contribution is 7.12. The van der Waals surface area contributed by atoms with Gasteiger partial charge in [-0.1, -0.05) is 0 Å². The van der Waals surface area contributed by atoms with Crippen molar-refractivity contribution in [3.63, 3.8) is 0 Å². The van der Waals surface area contributed by atoms with Gasteiger partial charge >= 0.3 is 0 Å². The number of rotatable bonds is 7. The molecule has 2 rings (SSSR count). The molecule has 0 aliphatic carbocycles. The molecular formula is C17H23NO3S. The number of hydrogen-bond donors (Lipinski definition) is 2. The first kappa shape index (κ1) is 16.8. The van der Waals surface area contributed by atoms with Crippen molar-refractivity contribution in [2.24, 2.45) is 0 Å². The van der Waals surface area contributed by atoms with Gasteiger partial charge in [0.1, 0.15) is 11.5 Å². The third-order valence-electron chi connectivity index (χ3n) is 3.60. The predicted molar refractivity (Wildman–Crippen MR) is 90.0 cm³/mol. The highest BCUT2D eigenvalue weighted by Crippen LogP contribution is 2.30. The maximum absolute atomic E-state index is 10.5. The van der Waals surface area contributed by atoms with E-state index in [-0.39, 0.29) is 6.04 Å². The van der Waals surface area contributed by atoms with Crippen molar-refractivity contribution in [1.82, 2.24) is 5.32 Å². The van der Waals surface area contributed by atoms with E-state index in [1.54, 1.807) is 25.6 Å². The number of aliphatic hydroxyl groups excluding tert-OH is 1. The van der Waals surface area contributed by atoms with Gasteiger partial charge in [-0.15, -0.1) is 11.3 Å². The molecule has 1 heterocycles. The Labute approximate surface area is 135 Å². The monoisotopic (exact) mass is 321 g/mol. The largest absolute Gasteiger partial charge is 0.497 e. The highest BCUT2D eigenvalue weighted by Gasteiger charge is 2.16. The Hall–Kier alpha value is -1.56. The molecular weight excluding hydrogens is 298 g/mol. The molecule has 1 aromatic heterocycles. The van der Waals surface area contributed by atoms with Crippen molar-refractivity contribution >= 4 is 11.3 Å². The number of aliphatic hydroxyl groups is 1. The minimum Gasteiger partial charge on any atom is -0.497 e. The van der Waals surface area contributed by atoms with Crippen LogP contribution in [-0.2, 0) is 0 Å². The summed E-state index contributed by atoms with van der Waals surface area (Å²) in [6, 6.07) is 9.87.